The Labute approximate surface area is 97.4 Å². The van der Waals surface area contributed by atoms with Gasteiger partial charge in [-0.25, -0.2) is 4.98 Å². The second-order valence-corrected chi connectivity index (χ2v) is 4.44. The fraction of sp³-hybridized carbons (Fsp3) is 0.400. The van der Waals surface area contributed by atoms with Gasteiger partial charge in [-0.3, -0.25) is 0 Å². The van der Waals surface area contributed by atoms with E-state index in [-0.39, 0.29) is 6.61 Å². The summed E-state index contributed by atoms with van der Waals surface area (Å²) < 4.78 is 5.24. The monoisotopic (exact) mass is 239 g/mol. The van der Waals surface area contributed by atoms with E-state index in [1.807, 2.05) is 24.4 Å². The van der Waals surface area contributed by atoms with Crippen molar-refractivity contribution in [2.45, 2.75) is 20.1 Å². The average Bonchev–Trinajstić information content (AvgIpc) is 2.88. The van der Waals surface area contributed by atoms with E-state index in [4.69, 9.17) is 9.52 Å². The Morgan fingerprint density at radius 2 is 2.38 bits per heavy atom. The van der Waals surface area contributed by atoms with Gasteiger partial charge in [0, 0.05) is 11.9 Å². The third-order valence-electron chi connectivity index (χ3n) is 2.25. The summed E-state index contributed by atoms with van der Waals surface area (Å²) >= 11 is 1.61. The highest BCUT2D eigenvalue weighted by Gasteiger charge is 2.11. The number of hydrogen-bond donors (Lipinski definition) is 1. The number of aliphatic hydroxyl groups excluding tert-OH is 1. The van der Waals surface area contributed by atoms with Crippen molar-refractivity contribution in [3.63, 3.8) is 0 Å². The van der Waals surface area contributed by atoms with Crippen LogP contribution in [0.3, 0.4) is 0 Å². The standard InChI is InChI=1S/C10H13N3O2S/c1-7-9(16-6-11-7)3-13(2)10-12-8(4-14)5-15-10/h5-6,14H,3-4H2,1-2H3. The maximum absolute atomic E-state index is 8.88. The molecule has 2 heterocycles. The molecule has 2 aromatic heterocycles. The van der Waals surface area contributed by atoms with Crippen molar-refractivity contribution in [1.82, 2.24) is 9.97 Å². The van der Waals surface area contributed by atoms with Crippen molar-refractivity contribution in [1.29, 1.82) is 0 Å². The van der Waals surface area contributed by atoms with Crippen LogP contribution in [0.1, 0.15) is 16.3 Å². The summed E-state index contributed by atoms with van der Waals surface area (Å²) in [5.74, 6) is 0. The third kappa shape index (κ3) is 2.23. The maximum Gasteiger partial charge on any atom is 0.297 e. The Kier molecular flexibility index (Phi) is 3.21. The second-order valence-electron chi connectivity index (χ2n) is 3.50. The molecular weight excluding hydrogens is 226 g/mol. The van der Waals surface area contributed by atoms with Crippen molar-refractivity contribution in [2.24, 2.45) is 0 Å². The van der Waals surface area contributed by atoms with Crippen molar-refractivity contribution < 1.29 is 9.52 Å². The van der Waals surface area contributed by atoms with Crippen LogP contribution in [0.5, 0.6) is 0 Å². The van der Waals surface area contributed by atoms with Crippen LogP contribution in [0.2, 0.25) is 0 Å². The van der Waals surface area contributed by atoms with Crippen LogP contribution in [0, 0.1) is 6.92 Å². The SMILES string of the molecule is Cc1ncsc1CN(C)c1nc(CO)co1. The Balaban J connectivity index is 2.08. The molecule has 0 atom stereocenters. The van der Waals surface area contributed by atoms with E-state index in [0.717, 1.165) is 5.69 Å². The maximum atomic E-state index is 8.88. The van der Waals surface area contributed by atoms with Crippen molar-refractivity contribution >= 4 is 17.4 Å². The quantitative estimate of drug-likeness (QED) is 0.877. The van der Waals surface area contributed by atoms with Gasteiger partial charge >= 0.3 is 0 Å². The molecule has 0 amide bonds. The fourth-order valence-corrected chi connectivity index (χ4v) is 2.13. The predicted octanol–water partition coefficient (Wildman–Crippen LogP) is 1.57. The molecule has 0 radical (unpaired) electrons. The lowest BCUT2D eigenvalue weighted by Gasteiger charge is -2.12. The lowest BCUT2D eigenvalue weighted by atomic mass is 10.4. The van der Waals surface area contributed by atoms with Gasteiger partial charge in [0.15, 0.2) is 0 Å². The van der Waals surface area contributed by atoms with Crippen molar-refractivity contribution in [3.8, 4) is 0 Å². The zero-order valence-electron chi connectivity index (χ0n) is 9.17. The molecule has 6 heteroatoms. The van der Waals surface area contributed by atoms with Crippen LogP contribution in [0.15, 0.2) is 16.2 Å². The number of thiazole rings is 1. The van der Waals surface area contributed by atoms with E-state index in [1.165, 1.54) is 11.1 Å². The summed E-state index contributed by atoms with van der Waals surface area (Å²) in [6.45, 7) is 2.59. The molecule has 0 aromatic carbocycles. The molecule has 0 saturated heterocycles. The molecule has 0 unspecified atom stereocenters. The van der Waals surface area contributed by atoms with Gasteiger partial charge in [0.25, 0.3) is 6.01 Å². The fourth-order valence-electron chi connectivity index (χ4n) is 1.31. The molecule has 2 aromatic rings. The summed E-state index contributed by atoms with van der Waals surface area (Å²) in [7, 11) is 1.89. The van der Waals surface area contributed by atoms with E-state index >= 15 is 0 Å². The largest absolute Gasteiger partial charge is 0.432 e. The first-order chi connectivity index (χ1) is 7.70. The molecule has 5 nitrogen and oxygen atoms in total. The van der Waals surface area contributed by atoms with Gasteiger partial charge in [-0.1, -0.05) is 0 Å². The Bertz CT molecular complexity index is 466. The van der Waals surface area contributed by atoms with Gasteiger partial charge in [0.1, 0.15) is 12.0 Å². The van der Waals surface area contributed by atoms with Crippen molar-refractivity contribution in [2.75, 3.05) is 11.9 Å². The Hall–Kier alpha value is -1.40. The van der Waals surface area contributed by atoms with E-state index in [2.05, 4.69) is 9.97 Å². The predicted molar refractivity (Wildman–Crippen MR) is 61.4 cm³/mol. The molecule has 0 spiro atoms. The minimum atomic E-state index is -0.100. The Morgan fingerprint density at radius 3 is 2.94 bits per heavy atom. The third-order valence-corrected chi connectivity index (χ3v) is 3.17. The van der Waals surface area contributed by atoms with Crippen LogP contribution in [-0.4, -0.2) is 22.1 Å². The smallest absolute Gasteiger partial charge is 0.297 e. The topological polar surface area (TPSA) is 62.4 Å². The molecule has 2 rings (SSSR count). The molecule has 0 fully saturated rings. The van der Waals surface area contributed by atoms with Gasteiger partial charge in [0.2, 0.25) is 0 Å². The van der Waals surface area contributed by atoms with Gasteiger partial charge in [-0.2, -0.15) is 4.98 Å². The summed E-state index contributed by atoms with van der Waals surface area (Å²) in [6.07, 6.45) is 1.46. The van der Waals surface area contributed by atoms with Gasteiger partial charge < -0.3 is 14.4 Å². The summed E-state index contributed by atoms with van der Waals surface area (Å²) in [5.41, 5.74) is 3.40. The first-order valence-electron chi connectivity index (χ1n) is 4.86. The molecule has 0 saturated carbocycles. The van der Waals surface area contributed by atoms with Crippen molar-refractivity contribution in [3.05, 3.63) is 28.0 Å². The average molecular weight is 239 g/mol. The number of hydrogen-bond acceptors (Lipinski definition) is 6. The van der Waals surface area contributed by atoms with E-state index in [0.29, 0.717) is 18.3 Å². The lowest BCUT2D eigenvalue weighted by Crippen LogP contribution is -2.16. The van der Waals surface area contributed by atoms with Gasteiger partial charge in [0.05, 0.1) is 24.4 Å². The van der Waals surface area contributed by atoms with E-state index < -0.39 is 0 Å². The summed E-state index contributed by atoms with van der Waals surface area (Å²) in [6, 6.07) is 0.511. The number of aryl methyl sites for hydroxylation is 1. The molecule has 0 aliphatic carbocycles. The zero-order valence-corrected chi connectivity index (χ0v) is 9.99. The molecule has 16 heavy (non-hydrogen) atoms. The summed E-state index contributed by atoms with van der Waals surface area (Å²) in [5, 5.41) is 8.88. The van der Waals surface area contributed by atoms with Crippen LogP contribution in [-0.2, 0) is 13.2 Å². The van der Waals surface area contributed by atoms with Gasteiger partial charge in [-0.05, 0) is 6.92 Å². The number of aliphatic hydroxyl groups is 1. The van der Waals surface area contributed by atoms with Crippen LogP contribution in [0.4, 0.5) is 6.01 Å². The number of anilines is 1. The number of nitrogens with zero attached hydrogens (tertiary/aromatic N) is 3. The minimum absolute atomic E-state index is 0.100. The van der Waals surface area contributed by atoms with Gasteiger partial charge in [-0.15, -0.1) is 11.3 Å². The first kappa shape index (κ1) is 11.1. The van der Waals surface area contributed by atoms with Crippen LogP contribution >= 0.6 is 11.3 Å². The molecule has 1 N–H and O–H groups in total. The molecule has 0 aliphatic heterocycles. The van der Waals surface area contributed by atoms with E-state index in [1.54, 1.807) is 11.3 Å². The lowest BCUT2D eigenvalue weighted by molar-refractivity contribution is 0.276. The van der Waals surface area contributed by atoms with Crippen LogP contribution < -0.4 is 4.90 Å². The Morgan fingerprint density at radius 1 is 1.56 bits per heavy atom. The van der Waals surface area contributed by atoms with E-state index in [9.17, 15) is 0 Å². The molecule has 0 aliphatic rings. The number of oxazole rings is 1. The normalized spacial score (nSPS) is 10.7. The number of aromatic nitrogens is 2. The molecule has 0 bridgehead atoms. The highest BCUT2D eigenvalue weighted by molar-refractivity contribution is 7.09. The summed E-state index contributed by atoms with van der Waals surface area (Å²) in [4.78, 5) is 11.4. The molecular formula is C10H13N3O2S. The highest BCUT2D eigenvalue weighted by atomic mass is 32.1. The minimum Gasteiger partial charge on any atom is -0.432 e. The highest BCUT2D eigenvalue weighted by Crippen LogP contribution is 2.19. The van der Waals surface area contributed by atoms with Crippen LogP contribution in [0.25, 0.3) is 0 Å². The number of rotatable bonds is 4. The zero-order chi connectivity index (χ0) is 11.5. The first-order valence-corrected chi connectivity index (χ1v) is 5.74. The second kappa shape index (κ2) is 4.63. The molecule has 86 valence electrons.